The van der Waals surface area contributed by atoms with E-state index in [4.69, 9.17) is 4.74 Å². The maximum Gasteiger partial charge on any atom is 0.132 e. The Kier molecular flexibility index (Phi) is 4.93. The molecule has 104 valence electrons. The average molecular weight is 269 g/mol. The van der Waals surface area contributed by atoms with Crippen LogP contribution >= 0.6 is 0 Å². The van der Waals surface area contributed by atoms with Crippen molar-refractivity contribution in [2.24, 2.45) is 0 Å². The molecule has 3 nitrogen and oxygen atoms in total. The average Bonchev–Trinajstić information content (AvgIpc) is 2.49. The fraction of sp³-hybridized carbons (Fsp3) is 0.176. The number of hydrogen-bond donors (Lipinski definition) is 0. The third-order valence-electron chi connectivity index (χ3n) is 3.01. The molecule has 0 radical (unpaired) electrons. The summed E-state index contributed by atoms with van der Waals surface area (Å²) in [5, 5.41) is 12.4. The second-order valence-corrected chi connectivity index (χ2v) is 4.71. The predicted octanol–water partition coefficient (Wildman–Crippen LogP) is 3.76. The molecule has 0 aliphatic heterocycles. The van der Waals surface area contributed by atoms with Gasteiger partial charge in [0.25, 0.3) is 0 Å². The van der Waals surface area contributed by atoms with Crippen molar-refractivity contribution in [1.82, 2.24) is 4.65 Å². The van der Waals surface area contributed by atoms with Gasteiger partial charge in [-0.1, -0.05) is 36.4 Å². The Morgan fingerprint density at radius 1 is 0.950 bits per heavy atom. The molecule has 20 heavy (non-hydrogen) atoms. The Morgan fingerprint density at radius 2 is 1.55 bits per heavy atom. The summed E-state index contributed by atoms with van der Waals surface area (Å²) in [6, 6.07) is 19.0. The molecule has 0 bridgehead atoms. The topological polar surface area (TPSA) is 32.3 Å². The van der Waals surface area contributed by atoms with E-state index in [0.29, 0.717) is 13.2 Å². The number of rotatable bonds is 6. The number of likely N-dealkylation sites (N-methyl/N-ethyl adjacent to an activating group) is 1. The summed E-state index contributed by atoms with van der Waals surface area (Å²) in [7, 11) is 1.65. The first-order chi connectivity index (χ1) is 9.68. The van der Waals surface area contributed by atoms with Gasteiger partial charge in [0.05, 0.1) is 7.05 Å². The first kappa shape index (κ1) is 14.3. The SMILES string of the molecule is C[N+]([O-])(C/C=C/COc1ccccc1)c1ccccc1. The van der Waals surface area contributed by atoms with Crippen LogP contribution in [0, 0.1) is 5.21 Å². The van der Waals surface area contributed by atoms with E-state index in [1.807, 2.05) is 72.8 Å². The third-order valence-corrected chi connectivity index (χ3v) is 3.01. The van der Waals surface area contributed by atoms with Crippen molar-refractivity contribution < 1.29 is 4.74 Å². The molecule has 0 amide bonds. The molecular formula is C17H19NO2. The summed E-state index contributed by atoms with van der Waals surface area (Å²) >= 11 is 0. The van der Waals surface area contributed by atoms with Gasteiger partial charge >= 0.3 is 0 Å². The Balaban J connectivity index is 1.81. The van der Waals surface area contributed by atoms with Crippen molar-refractivity contribution in [3.8, 4) is 5.75 Å². The molecular weight excluding hydrogens is 250 g/mol. The molecule has 2 aromatic rings. The largest absolute Gasteiger partial charge is 0.627 e. The lowest BCUT2D eigenvalue weighted by molar-refractivity contribution is 0.362. The lowest BCUT2D eigenvalue weighted by Crippen LogP contribution is -2.38. The highest BCUT2D eigenvalue weighted by atomic mass is 16.5. The van der Waals surface area contributed by atoms with Crippen LogP contribution in [0.25, 0.3) is 0 Å². The molecule has 2 aromatic carbocycles. The summed E-state index contributed by atoms with van der Waals surface area (Å²) < 4.78 is 5.12. The monoisotopic (exact) mass is 269 g/mol. The maximum absolute atomic E-state index is 12.4. The quantitative estimate of drug-likeness (QED) is 0.454. The van der Waals surface area contributed by atoms with E-state index in [2.05, 4.69) is 0 Å². The highest BCUT2D eigenvalue weighted by Crippen LogP contribution is 2.18. The van der Waals surface area contributed by atoms with Crippen LogP contribution in [0.5, 0.6) is 5.75 Å². The molecule has 0 aliphatic rings. The van der Waals surface area contributed by atoms with Crippen molar-refractivity contribution in [3.05, 3.63) is 78.0 Å². The molecule has 0 spiro atoms. The van der Waals surface area contributed by atoms with E-state index >= 15 is 0 Å². The van der Waals surface area contributed by atoms with Crippen LogP contribution in [-0.4, -0.2) is 20.2 Å². The van der Waals surface area contributed by atoms with E-state index in [1.54, 1.807) is 7.05 Å². The number of benzene rings is 2. The van der Waals surface area contributed by atoms with Gasteiger partial charge < -0.3 is 14.6 Å². The molecule has 0 heterocycles. The minimum Gasteiger partial charge on any atom is -0.627 e. The van der Waals surface area contributed by atoms with E-state index < -0.39 is 4.65 Å². The van der Waals surface area contributed by atoms with Gasteiger partial charge in [-0.05, 0) is 36.4 Å². The third kappa shape index (κ3) is 4.23. The van der Waals surface area contributed by atoms with Gasteiger partial charge in [0, 0.05) is 0 Å². The van der Waals surface area contributed by atoms with Crippen LogP contribution in [0.2, 0.25) is 0 Å². The van der Waals surface area contributed by atoms with E-state index in [9.17, 15) is 5.21 Å². The van der Waals surface area contributed by atoms with Crippen molar-refractivity contribution in [3.63, 3.8) is 0 Å². The van der Waals surface area contributed by atoms with E-state index in [-0.39, 0.29) is 0 Å². The number of hydrogen-bond acceptors (Lipinski definition) is 2. The van der Waals surface area contributed by atoms with Gasteiger partial charge in [-0.3, -0.25) is 0 Å². The molecule has 1 atom stereocenters. The number of hydroxylamine groups is 2. The number of nitrogens with zero attached hydrogens (tertiary/aromatic N) is 1. The number of ether oxygens (including phenoxy) is 1. The Bertz CT molecular complexity index is 535. The van der Waals surface area contributed by atoms with Gasteiger partial charge in [-0.15, -0.1) is 0 Å². The van der Waals surface area contributed by atoms with Crippen LogP contribution in [0.15, 0.2) is 72.8 Å². The normalized spacial score (nSPS) is 14.1. The zero-order chi connectivity index (χ0) is 14.3. The lowest BCUT2D eigenvalue weighted by atomic mass is 10.3. The zero-order valence-electron chi connectivity index (χ0n) is 11.6. The lowest BCUT2D eigenvalue weighted by Gasteiger charge is -2.36. The van der Waals surface area contributed by atoms with Crippen molar-refractivity contribution in [1.29, 1.82) is 0 Å². The predicted molar refractivity (Wildman–Crippen MR) is 83.5 cm³/mol. The Labute approximate surface area is 119 Å². The summed E-state index contributed by atoms with van der Waals surface area (Å²) in [5.74, 6) is 0.833. The summed E-state index contributed by atoms with van der Waals surface area (Å²) in [6.45, 7) is 0.862. The molecule has 0 aliphatic carbocycles. The number of para-hydroxylation sites is 2. The summed E-state index contributed by atoms with van der Waals surface area (Å²) in [4.78, 5) is 0. The minimum atomic E-state index is -0.414. The smallest absolute Gasteiger partial charge is 0.132 e. The van der Waals surface area contributed by atoms with Crippen molar-refractivity contribution in [2.45, 2.75) is 0 Å². The molecule has 0 aromatic heterocycles. The molecule has 3 heteroatoms. The second-order valence-electron chi connectivity index (χ2n) is 4.71. The van der Waals surface area contributed by atoms with Crippen LogP contribution in [0.4, 0.5) is 5.69 Å². The van der Waals surface area contributed by atoms with Crippen LogP contribution < -0.4 is 9.38 Å². The van der Waals surface area contributed by atoms with E-state index in [1.165, 1.54) is 0 Å². The Hall–Kier alpha value is -2.10. The fourth-order valence-corrected chi connectivity index (χ4v) is 1.85. The van der Waals surface area contributed by atoms with Crippen LogP contribution in [-0.2, 0) is 0 Å². The molecule has 2 rings (SSSR count). The first-order valence-corrected chi connectivity index (χ1v) is 6.63. The highest BCUT2D eigenvalue weighted by Gasteiger charge is 2.10. The summed E-state index contributed by atoms with van der Waals surface area (Å²) in [5.41, 5.74) is 0.751. The van der Waals surface area contributed by atoms with Crippen LogP contribution in [0.1, 0.15) is 0 Å². The fourth-order valence-electron chi connectivity index (χ4n) is 1.85. The Morgan fingerprint density at radius 3 is 2.20 bits per heavy atom. The van der Waals surface area contributed by atoms with Crippen LogP contribution in [0.3, 0.4) is 0 Å². The molecule has 0 N–H and O–H groups in total. The van der Waals surface area contributed by atoms with Crippen molar-refractivity contribution >= 4 is 5.69 Å². The second kappa shape index (κ2) is 6.89. The van der Waals surface area contributed by atoms with Gasteiger partial charge in [0.15, 0.2) is 0 Å². The molecule has 0 fully saturated rings. The zero-order valence-corrected chi connectivity index (χ0v) is 11.6. The standard InChI is InChI=1S/C17H19NO2/c1-18(19,16-10-4-2-5-11-16)14-8-9-15-20-17-12-6-3-7-13-17/h2-13H,14-15H2,1H3/b9-8+. The van der Waals surface area contributed by atoms with E-state index in [0.717, 1.165) is 11.4 Å². The number of quaternary nitrogens is 1. The molecule has 1 unspecified atom stereocenters. The van der Waals surface area contributed by atoms with Crippen molar-refractivity contribution in [2.75, 3.05) is 20.2 Å². The molecule has 0 saturated carbocycles. The molecule has 0 saturated heterocycles. The maximum atomic E-state index is 12.4. The van der Waals surface area contributed by atoms with Gasteiger partial charge in [0.1, 0.15) is 24.6 Å². The highest BCUT2D eigenvalue weighted by molar-refractivity contribution is 5.42. The first-order valence-electron chi connectivity index (χ1n) is 6.63. The summed E-state index contributed by atoms with van der Waals surface area (Å²) in [6.07, 6.45) is 3.74. The minimum absolute atomic E-state index is 0.391. The van der Waals surface area contributed by atoms with Gasteiger partial charge in [-0.25, -0.2) is 0 Å². The van der Waals surface area contributed by atoms with Gasteiger partial charge in [-0.2, -0.15) is 0 Å². The van der Waals surface area contributed by atoms with Gasteiger partial charge in [0.2, 0.25) is 0 Å².